The predicted molar refractivity (Wildman–Crippen MR) is 98.7 cm³/mol. The lowest BCUT2D eigenvalue weighted by molar-refractivity contribution is -0.192. The molecule has 0 radical (unpaired) electrons. The first-order valence-electron chi connectivity index (χ1n) is 8.81. The molecule has 1 N–H and O–H groups in total. The average molecular weight is 431 g/mol. The third-order valence-corrected chi connectivity index (χ3v) is 6.00. The Morgan fingerprint density at radius 3 is 2.72 bits per heavy atom. The van der Waals surface area contributed by atoms with E-state index in [4.69, 9.17) is 19.2 Å². The van der Waals surface area contributed by atoms with E-state index in [2.05, 4.69) is 15.0 Å². The highest BCUT2D eigenvalue weighted by Gasteiger charge is 2.49. The maximum Gasteiger partial charge on any atom is 0.490 e. The smallest absolute Gasteiger partial charge is 0.475 e. The summed E-state index contributed by atoms with van der Waals surface area (Å²) >= 11 is 2.04. The van der Waals surface area contributed by atoms with Crippen LogP contribution in [0.3, 0.4) is 0 Å². The van der Waals surface area contributed by atoms with Gasteiger partial charge in [-0.15, -0.1) is 11.8 Å². The summed E-state index contributed by atoms with van der Waals surface area (Å²) in [5.41, 5.74) is 1.02. The van der Waals surface area contributed by atoms with Gasteiger partial charge in [0.2, 0.25) is 5.88 Å². The number of nitrogens with zero attached hydrogens (tertiary/aromatic N) is 3. The summed E-state index contributed by atoms with van der Waals surface area (Å²) in [5, 5.41) is 11.2. The number of alkyl halides is 3. The molecule has 2 aromatic heterocycles. The van der Waals surface area contributed by atoms with E-state index >= 15 is 0 Å². The van der Waals surface area contributed by atoms with Crippen molar-refractivity contribution in [2.45, 2.75) is 36.9 Å². The summed E-state index contributed by atoms with van der Waals surface area (Å²) in [5.74, 6) is -0.0933. The third kappa shape index (κ3) is 5.86. The lowest BCUT2D eigenvalue weighted by Crippen LogP contribution is -2.58. The summed E-state index contributed by atoms with van der Waals surface area (Å²) in [7, 11) is 0. The van der Waals surface area contributed by atoms with Gasteiger partial charge in [0.15, 0.2) is 0 Å². The number of pyridine rings is 1. The van der Waals surface area contributed by atoms with Gasteiger partial charge in [0.1, 0.15) is 11.9 Å². The van der Waals surface area contributed by atoms with Crippen molar-refractivity contribution in [2.24, 2.45) is 0 Å². The number of hydrogen-bond donors (Lipinski definition) is 1. The molecular formula is C18H20F3N3O4S. The third-order valence-electron chi connectivity index (χ3n) is 4.43. The average Bonchev–Trinajstić information content (AvgIpc) is 3.22. The Kier molecular flexibility index (Phi) is 6.37. The molecule has 2 aliphatic heterocycles. The van der Waals surface area contributed by atoms with Crippen LogP contribution in [0.25, 0.3) is 0 Å². The Morgan fingerprint density at radius 2 is 2.17 bits per heavy atom. The summed E-state index contributed by atoms with van der Waals surface area (Å²) < 4.78 is 43.2. The molecule has 4 rings (SSSR count). The molecule has 1 unspecified atom stereocenters. The van der Waals surface area contributed by atoms with Gasteiger partial charge in [-0.2, -0.15) is 13.2 Å². The molecule has 2 aromatic rings. The van der Waals surface area contributed by atoms with Crippen molar-refractivity contribution in [3.05, 3.63) is 41.9 Å². The minimum Gasteiger partial charge on any atom is -0.475 e. The van der Waals surface area contributed by atoms with Gasteiger partial charge in [-0.25, -0.2) is 9.78 Å². The molecule has 1 spiro atoms. The summed E-state index contributed by atoms with van der Waals surface area (Å²) in [6.45, 7) is 5.02. The van der Waals surface area contributed by atoms with Crippen molar-refractivity contribution in [1.29, 1.82) is 0 Å². The van der Waals surface area contributed by atoms with Crippen molar-refractivity contribution in [2.75, 3.05) is 18.8 Å². The molecule has 29 heavy (non-hydrogen) atoms. The largest absolute Gasteiger partial charge is 0.490 e. The van der Waals surface area contributed by atoms with Crippen LogP contribution in [-0.4, -0.2) is 62.0 Å². The molecule has 2 aliphatic rings. The lowest BCUT2D eigenvalue weighted by Gasteiger charge is -2.47. The van der Waals surface area contributed by atoms with Gasteiger partial charge in [-0.1, -0.05) is 11.2 Å². The van der Waals surface area contributed by atoms with Crippen molar-refractivity contribution in [1.82, 2.24) is 15.0 Å². The van der Waals surface area contributed by atoms with Crippen LogP contribution in [-0.2, 0) is 11.3 Å². The number of rotatable bonds is 4. The monoisotopic (exact) mass is 431 g/mol. The number of aryl methyl sites for hydroxylation is 1. The van der Waals surface area contributed by atoms with E-state index in [0.717, 1.165) is 49.1 Å². The van der Waals surface area contributed by atoms with Crippen LogP contribution >= 0.6 is 11.8 Å². The zero-order valence-electron chi connectivity index (χ0n) is 15.6. The maximum atomic E-state index is 10.6. The van der Waals surface area contributed by atoms with Gasteiger partial charge in [0.05, 0.1) is 5.69 Å². The SMILES string of the molecule is Cc1cc(CN2CC3(CC(Oc4ccccn4)CS3)C2)no1.O=C(O)C(F)(F)F. The molecule has 158 valence electrons. The summed E-state index contributed by atoms with van der Waals surface area (Å²) in [6, 6.07) is 7.81. The highest BCUT2D eigenvalue weighted by Crippen LogP contribution is 2.46. The standard InChI is InChI=1S/C16H19N3O2S.C2HF3O2/c1-12-6-13(18-21-12)8-19-10-16(11-19)7-14(9-22-16)20-15-4-2-3-5-17-15;3-2(4,5)1(6)7/h2-6,14H,7-11H2,1H3;(H,6,7). The summed E-state index contributed by atoms with van der Waals surface area (Å²) in [6.07, 6.45) is -1.93. The fraction of sp³-hybridized carbons (Fsp3) is 0.500. The van der Waals surface area contributed by atoms with E-state index in [9.17, 15) is 13.2 Å². The van der Waals surface area contributed by atoms with Crippen molar-refractivity contribution in [3.8, 4) is 5.88 Å². The lowest BCUT2D eigenvalue weighted by atomic mass is 9.93. The number of likely N-dealkylation sites (tertiary alicyclic amines) is 1. The molecule has 1 atom stereocenters. The van der Waals surface area contributed by atoms with Crippen LogP contribution in [0, 0.1) is 6.92 Å². The Balaban J connectivity index is 0.000000298. The minimum atomic E-state index is -5.08. The summed E-state index contributed by atoms with van der Waals surface area (Å²) in [4.78, 5) is 15.6. The Hall–Kier alpha value is -2.27. The second-order valence-corrected chi connectivity index (χ2v) is 8.47. The molecule has 0 aliphatic carbocycles. The number of hydrogen-bond acceptors (Lipinski definition) is 7. The number of aromatic nitrogens is 2. The molecule has 0 amide bonds. The molecule has 7 nitrogen and oxygen atoms in total. The number of ether oxygens (including phenoxy) is 1. The van der Waals surface area contributed by atoms with Crippen molar-refractivity contribution < 1.29 is 32.3 Å². The maximum absolute atomic E-state index is 10.6. The topological polar surface area (TPSA) is 88.7 Å². The van der Waals surface area contributed by atoms with Gasteiger partial charge < -0.3 is 14.4 Å². The Labute approximate surface area is 169 Å². The van der Waals surface area contributed by atoms with Crippen LogP contribution in [0.1, 0.15) is 17.9 Å². The Morgan fingerprint density at radius 1 is 1.45 bits per heavy atom. The van der Waals surface area contributed by atoms with Crippen molar-refractivity contribution >= 4 is 17.7 Å². The molecular weight excluding hydrogens is 411 g/mol. The van der Waals surface area contributed by atoms with Gasteiger partial charge in [0, 0.05) is 54.9 Å². The minimum absolute atomic E-state index is 0.274. The zero-order valence-corrected chi connectivity index (χ0v) is 16.4. The quantitative estimate of drug-likeness (QED) is 0.790. The van der Waals surface area contributed by atoms with E-state index in [1.807, 2.05) is 43.0 Å². The molecule has 4 heterocycles. The number of aliphatic carboxylic acids is 1. The van der Waals surface area contributed by atoms with Crippen LogP contribution in [0.4, 0.5) is 13.2 Å². The number of carboxylic acid groups (broad SMARTS) is 1. The first kappa shape index (κ1) is 21.4. The van der Waals surface area contributed by atoms with Crippen LogP contribution in [0.15, 0.2) is 35.0 Å². The molecule has 0 saturated carbocycles. The van der Waals surface area contributed by atoms with E-state index in [1.54, 1.807) is 6.20 Å². The highest BCUT2D eigenvalue weighted by atomic mass is 32.2. The van der Waals surface area contributed by atoms with Gasteiger partial charge >= 0.3 is 12.1 Å². The highest BCUT2D eigenvalue weighted by molar-refractivity contribution is 8.01. The normalized spacial score (nSPS) is 20.6. The number of carbonyl (C=O) groups is 1. The second kappa shape index (κ2) is 8.62. The molecule has 0 aromatic carbocycles. The first-order chi connectivity index (χ1) is 13.7. The zero-order chi connectivity index (χ0) is 21.1. The fourth-order valence-corrected chi connectivity index (χ4v) is 4.87. The number of carboxylic acids is 1. The molecule has 0 bridgehead atoms. The first-order valence-corrected chi connectivity index (χ1v) is 9.80. The van der Waals surface area contributed by atoms with E-state index < -0.39 is 12.1 Å². The van der Waals surface area contributed by atoms with E-state index in [-0.39, 0.29) is 6.10 Å². The number of thioether (sulfide) groups is 1. The second-order valence-electron chi connectivity index (χ2n) is 6.98. The van der Waals surface area contributed by atoms with Crippen LogP contribution in [0.5, 0.6) is 5.88 Å². The van der Waals surface area contributed by atoms with Gasteiger partial charge in [-0.3, -0.25) is 4.90 Å². The van der Waals surface area contributed by atoms with Gasteiger partial charge in [0.25, 0.3) is 0 Å². The van der Waals surface area contributed by atoms with Crippen LogP contribution in [0.2, 0.25) is 0 Å². The van der Waals surface area contributed by atoms with E-state index in [0.29, 0.717) is 4.75 Å². The number of halogens is 3. The van der Waals surface area contributed by atoms with Crippen LogP contribution < -0.4 is 4.74 Å². The predicted octanol–water partition coefficient (Wildman–Crippen LogP) is 3.15. The van der Waals surface area contributed by atoms with Gasteiger partial charge in [-0.05, 0) is 13.0 Å². The van der Waals surface area contributed by atoms with Crippen molar-refractivity contribution in [3.63, 3.8) is 0 Å². The Bertz CT molecular complexity index is 825. The molecule has 11 heteroatoms. The fourth-order valence-electron chi connectivity index (χ4n) is 3.29. The molecule has 2 fully saturated rings. The molecule has 2 saturated heterocycles. The van der Waals surface area contributed by atoms with E-state index in [1.165, 1.54) is 0 Å².